The number of rotatable bonds is 4. The standard InChI is InChI=1S/C19H25N3O2/c1-13-6-7-16-17(9-13)20-12-22(19(16)24)11-15(23)10-18-14(2)5-4-8-21(18)3/h6-7,9,12,14,18H,4-5,8,10-11H2,1-3H3/t14-,18?/m1/s1. The molecule has 2 aromatic rings. The van der Waals surface area contributed by atoms with Crippen LogP contribution in [-0.2, 0) is 11.3 Å². The van der Waals surface area contributed by atoms with Gasteiger partial charge in [-0.15, -0.1) is 0 Å². The summed E-state index contributed by atoms with van der Waals surface area (Å²) < 4.78 is 1.44. The van der Waals surface area contributed by atoms with Gasteiger partial charge in [-0.2, -0.15) is 0 Å². The highest BCUT2D eigenvalue weighted by molar-refractivity contribution is 5.80. The van der Waals surface area contributed by atoms with Crippen molar-refractivity contribution in [1.82, 2.24) is 14.5 Å². The molecule has 1 aromatic carbocycles. The van der Waals surface area contributed by atoms with Gasteiger partial charge in [-0.25, -0.2) is 4.98 Å². The first-order valence-corrected chi connectivity index (χ1v) is 8.63. The number of Topliss-reactive ketones (excluding diaryl/α,β-unsaturated/α-hetero) is 1. The molecule has 1 aliphatic rings. The molecule has 5 nitrogen and oxygen atoms in total. The summed E-state index contributed by atoms with van der Waals surface area (Å²) in [6, 6.07) is 5.86. The molecule has 0 saturated carbocycles. The molecule has 0 aliphatic carbocycles. The van der Waals surface area contributed by atoms with Crippen molar-refractivity contribution < 1.29 is 4.79 Å². The van der Waals surface area contributed by atoms with E-state index in [4.69, 9.17) is 0 Å². The van der Waals surface area contributed by atoms with Gasteiger partial charge in [0.1, 0.15) is 0 Å². The van der Waals surface area contributed by atoms with E-state index in [-0.39, 0.29) is 23.9 Å². The van der Waals surface area contributed by atoms with Crippen LogP contribution in [0.15, 0.2) is 29.3 Å². The molecule has 128 valence electrons. The molecule has 2 atom stereocenters. The van der Waals surface area contributed by atoms with Gasteiger partial charge in [-0.1, -0.05) is 13.0 Å². The van der Waals surface area contributed by atoms with Crippen LogP contribution < -0.4 is 5.56 Å². The second kappa shape index (κ2) is 6.85. The Hall–Kier alpha value is -2.01. The number of ketones is 1. The number of carbonyl (C=O) groups is 1. The molecule has 0 bridgehead atoms. The fourth-order valence-corrected chi connectivity index (χ4v) is 3.68. The van der Waals surface area contributed by atoms with E-state index in [0.29, 0.717) is 23.2 Å². The SMILES string of the molecule is Cc1ccc2c(=O)n(CC(=O)CC3[C@H](C)CCCN3C)cnc2c1. The van der Waals surface area contributed by atoms with E-state index in [1.165, 1.54) is 23.7 Å². The minimum Gasteiger partial charge on any atom is -0.303 e. The van der Waals surface area contributed by atoms with E-state index < -0.39 is 0 Å². The van der Waals surface area contributed by atoms with Gasteiger partial charge in [-0.05, 0) is 57.0 Å². The third-order valence-corrected chi connectivity index (χ3v) is 5.16. The minimum atomic E-state index is -0.140. The Morgan fingerprint density at radius 1 is 1.38 bits per heavy atom. The molecule has 1 saturated heterocycles. The molecule has 1 unspecified atom stereocenters. The first kappa shape index (κ1) is 16.8. The third kappa shape index (κ3) is 3.41. The van der Waals surface area contributed by atoms with Gasteiger partial charge in [0.2, 0.25) is 0 Å². The topological polar surface area (TPSA) is 55.2 Å². The van der Waals surface area contributed by atoms with Crippen molar-refractivity contribution in [3.05, 3.63) is 40.4 Å². The van der Waals surface area contributed by atoms with Crippen LogP contribution >= 0.6 is 0 Å². The molecule has 5 heteroatoms. The summed E-state index contributed by atoms with van der Waals surface area (Å²) >= 11 is 0. The summed E-state index contributed by atoms with van der Waals surface area (Å²) in [6.07, 6.45) is 4.35. The summed E-state index contributed by atoms with van der Waals surface area (Å²) in [7, 11) is 2.08. The van der Waals surface area contributed by atoms with Crippen molar-refractivity contribution in [2.24, 2.45) is 5.92 Å². The lowest BCUT2D eigenvalue weighted by Crippen LogP contribution is -2.43. The molecule has 0 N–H and O–H groups in total. The van der Waals surface area contributed by atoms with Gasteiger partial charge in [0.05, 0.1) is 23.8 Å². The van der Waals surface area contributed by atoms with Gasteiger partial charge in [0.15, 0.2) is 5.78 Å². The summed E-state index contributed by atoms with van der Waals surface area (Å²) in [4.78, 5) is 31.7. The van der Waals surface area contributed by atoms with Crippen molar-refractivity contribution in [2.45, 2.75) is 45.7 Å². The molecule has 0 spiro atoms. The summed E-state index contributed by atoms with van der Waals surface area (Å²) in [6.45, 7) is 5.32. The zero-order chi connectivity index (χ0) is 17.3. The highest BCUT2D eigenvalue weighted by atomic mass is 16.1. The van der Waals surface area contributed by atoms with Gasteiger partial charge in [0.25, 0.3) is 5.56 Å². The number of hydrogen-bond acceptors (Lipinski definition) is 4. The number of fused-ring (bicyclic) bond motifs is 1. The maximum absolute atomic E-state index is 12.6. The van der Waals surface area contributed by atoms with Crippen LogP contribution in [0.5, 0.6) is 0 Å². The van der Waals surface area contributed by atoms with Crippen molar-refractivity contribution in [3.8, 4) is 0 Å². The lowest BCUT2D eigenvalue weighted by molar-refractivity contribution is -0.121. The Morgan fingerprint density at radius 3 is 2.92 bits per heavy atom. The van der Waals surface area contributed by atoms with E-state index in [0.717, 1.165) is 12.1 Å². The van der Waals surface area contributed by atoms with E-state index in [2.05, 4.69) is 23.9 Å². The summed E-state index contributed by atoms with van der Waals surface area (Å²) in [5.41, 5.74) is 1.61. The zero-order valence-electron chi connectivity index (χ0n) is 14.7. The third-order valence-electron chi connectivity index (χ3n) is 5.16. The first-order valence-electron chi connectivity index (χ1n) is 8.63. The van der Waals surface area contributed by atoms with Crippen LogP contribution in [0.4, 0.5) is 0 Å². The Kier molecular flexibility index (Phi) is 4.81. The van der Waals surface area contributed by atoms with Gasteiger partial charge in [-0.3, -0.25) is 14.2 Å². The average molecular weight is 327 g/mol. The van der Waals surface area contributed by atoms with Gasteiger partial charge in [0, 0.05) is 12.5 Å². The molecule has 2 heterocycles. The Labute approximate surface area is 142 Å². The lowest BCUT2D eigenvalue weighted by Gasteiger charge is -2.37. The predicted octanol–water partition coefficient (Wildman–Crippen LogP) is 2.39. The quantitative estimate of drug-likeness (QED) is 0.865. The van der Waals surface area contributed by atoms with Crippen molar-refractivity contribution >= 4 is 16.7 Å². The second-order valence-corrected chi connectivity index (χ2v) is 7.11. The van der Waals surface area contributed by atoms with Crippen LogP contribution in [0, 0.1) is 12.8 Å². The Balaban J connectivity index is 1.77. The molecule has 1 aromatic heterocycles. The number of piperidine rings is 1. The number of hydrogen-bond donors (Lipinski definition) is 0. The molecule has 3 rings (SSSR count). The largest absolute Gasteiger partial charge is 0.303 e. The second-order valence-electron chi connectivity index (χ2n) is 7.11. The number of carbonyl (C=O) groups excluding carboxylic acids is 1. The molecular formula is C19H25N3O2. The Morgan fingerprint density at radius 2 is 2.17 bits per heavy atom. The van der Waals surface area contributed by atoms with Crippen LogP contribution in [0.1, 0.15) is 31.7 Å². The molecule has 1 fully saturated rings. The number of benzene rings is 1. The smallest absolute Gasteiger partial charge is 0.261 e. The van der Waals surface area contributed by atoms with Crippen LogP contribution in [0.25, 0.3) is 10.9 Å². The molecule has 24 heavy (non-hydrogen) atoms. The predicted molar refractivity (Wildman–Crippen MR) is 95.2 cm³/mol. The number of nitrogens with zero attached hydrogens (tertiary/aromatic N) is 3. The highest BCUT2D eigenvalue weighted by Crippen LogP contribution is 2.24. The monoisotopic (exact) mass is 327 g/mol. The lowest BCUT2D eigenvalue weighted by atomic mass is 9.88. The maximum atomic E-state index is 12.6. The number of aromatic nitrogens is 2. The van der Waals surface area contributed by atoms with E-state index in [1.54, 1.807) is 6.07 Å². The minimum absolute atomic E-state index is 0.0935. The maximum Gasteiger partial charge on any atom is 0.261 e. The zero-order valence-corrected chi connectivity index (χ0v) is 14.7. The normalized spacial score (nSPS) is 22.0. The van der Waals surface area contributed by atoms with E-state index in [9.17, 15) is 9.59 Å². The van der Waals surface area contributed by atoms with Gasteiger partial charge >= 0.3 is 0 Å². The molecule has 0 amide bonds. The van der Waals surface area contributed by atoms with Crippen molar-refractivity contribution in [3.63, 3.8) is 0 Å². The fraction of sp³-hybridized carbons (Fsp3) is 0.526. The molecular weight excluding hydrogens is 302 g/mol. The molecule has 0 radical (unpaired) electrons. The van der Waals surface area contributed by atoms with Crippen molar-refractivity contribution in [1.29, 1.82) is 0 Å². The number of aryl methyl sites for hydroxylation is 1. The molecule has 1 aliphatic heterocycles. The number of likely N-dealkylation sites (tertiary alicyclic amines) is 1. The first-order chi connectivity index (χ1) is 11.5. The van der Waals surface area contributed by atoms with Crippen LogP contribution in [0.3, 0.4) is 0 Å². The fourth-order valence-electron chi connectivity index (χ4n) is 3.68. The van der Waals surface area contributed by atoms with E-state index >= 15 is 0 Å². The van der Waals surface area contributed by atoms with Crippen LogP contribution in [0.2, 0.25) is 0 Å². The van der Waals surface area contributed by atoms with Crippen LogP contribution in [-0.4, -0.2) is 39.9 Å². The summed E-state index contributed by atoms with van der Waals surface area (Å²) in [5, 5.41) is 0.569. The Bertz CT molecular complexity index is 802. The average Bonchev–Trinajstić information content (AvgIpc) is 2.54. The van der Waals surface area contributed by atoms with E-state index in [1.807, 2.05) is 19.1 Å². The highest BCUT2D eigenvalue weighted by Gasteiger charge is 2.27. The van der Waals surface area contributed by atoms with Gasteiger partial charge < -0.3 is 4.90 Å². The summed E-state index contributed by atoms with van der Waals surface area (Å²) in [5.74, 6) is 0.609. The van der Waals surface area contributed by atoms with Crippen molar-refractivity contribution in [2.75, 3.05) is 13.6 Å².